The van der Waals surface area contributed by atoms with E-state index in [1.54, 1.807) is 7.11 Å². The number of nitrogens with zero attached hydrogens (tertiary/aromatic N) is 2. The molecule has 0 saturated carbocycles. The number of rotatable bonds is 9. The molecule has 18 heavy (non-hydrogen) atoms. The van der Waals surface area contributed by atoms with Crippen LogP contribution in [0.15, 0.2) is 4.52 Å². The Morgan fingerprint density at radius 1 is 1.33 bits per heavy atom. The third-order valence-corrected chi connectivity index (χ3v) is 2.89. The van der Waals surface area contributed by atoms with E-state index in [0.717, 1.165) is 6.42 Å². The molecule has 1 heterocycles. The molecule has 0 spiro atoms. The van der Waals surface area contributed by atoms with Crippen molar-refractivity contribution in [3.05, 3.63) is 11.7 Å². The van der Waals surface area contributed by atoms with Crippen LogP contribution >= 0.6 is 0 Å². The highest BCUT2D eigenvalue weighted by molar-refractivity contribution is 4.96. The Bertz CT molecular complexity index is 330. The van der Waals surface area contributed by atoms with Gasteiger partial charge in [-0.3, -0.25) is 0 Å². The molecule has 6 heteroatoms. The van der Waals surface area contributed by atoms with Gasteiger partial charge in [-0.05, 0) is 6.42 Å². The number of nitrogens with two attached hydrogens (primary N) is 1. The average Bonchev–Trinajstić information content (AvgIpc) is 2.85. The standard InChI is InChI=1S/C12H23N3O3/c1-4-10(13)9(2)12-14-11(15-18-12)5-6-17-8-7-16-3/h9-10H,4-8,13H2,1-3H3. The summed E-state index contributed by atoms with van der Waals surface area (Å²) in [6.07, 6.45) is 1.53. The first kappa shape index (κ1) is 15.1. The summed E-state index contributed by atoms with van der Waals surface area (Å²) >= 11 is 0. The lowest BCUT2D eigenvalue weighted by atomic mass is 10.0. The van der Waals surface area contributed by atoms with Crippen molar-refractivity contribution in [3.8, 4) is 0 Å². The van der Waals surface area contributed by atoms with Gasteiger partial charge in [-0.2, -0.15) is 4.98 Å². The van der Waals surface area contributed by atoms with E-state index in [2.05, 4.69) is 10.1 Å². The molecule has 0 aliphatic rings. The van der Waals surface area contributed by atoms with Crippen molar-refractivity contribution in [1.29, 1.82) is 0 Å². The van der Waals surface area contributed by atoms with Crippen molar-refractivity contribution < 1.29 is 14.0 Å². The maximum Gasteiger partial charge on any atom is 0.231 e. The second-order valence-electron chi connectivity index (χ2n) is 4.26. The lowest BCUT2D eigenvalue weighted by Crippen LogP contribution is -2.25. The van der Waals surface area contributed by atoms with Gasteiger partial charge in [-0.15, -0.1) is 0 Å². The molecule has 0 radical (unpaired) electrons. The van der Waals surface area contributed by atoms with Gasteiger partial charge in [0.25, 0.3) is 0 Å². The smallest absolute Gasteiger partial charge is 0.231 e. The second-order valence-corrected chi connectivity index (χ2v) is 4.26. The highest BCUT2D eigenvalue weighted by atomic mass is 16.5. The number of aromatic nitrogens is 2. The van der Waals surface area contributed by atoms with Crippen molar-refractivity contribution in [3.63, 3.8) is 0 Å². The van der Waals surface area contributed by atoms with Crippen molar-refractivity contribution >= 4 is 0 Å². The molecule has 0 amide bonds. The fourth-order valence-electron chi connectivity index (χ4n) is 1.50. The van der Waals surface area contributed by atoms with E-state index in [0.29, 0.717) is 38.0 Å². The Labute approximate surface area is 108 Å². The first-order chi connectivity index (χ1) is 8.69. The molecule has 0 bridgehead atoms. The van der Waals surface area contributed by atoms with E-state index in [9.17, 15) is 0 Å². The van der Waals surface area contributed by atoms with Crippen molar-refractivity contribution in [2.24, 2.45) is 5.73 Å². The molecule has 0 saturated heterocycles. The summed E-state index contributed by atoms with van der Waals surface area (Å²) in [6.45, 7) is 5.79. The zero-order valence-corrected chi connectivity index (χ0v) is 11.4. The third-order valence-electron chi connectivity index (χ3n) is 2.89. The maximum atomic E-state index is 5.95. The van der Waals surface area contributed by atoms with Crippen LogP contribution in [0.4, 0.5) is 0 Å². The summed E-state index contributed by atoms with van der Waals surface area (Å²) in [5, 5.41) is 3.92. The van der Waals surface area contributed by atoms with E-state index in [1.807, 2.05) is 13.8 Å². The molecule has 2 atom stereocenters. The number of ether oxygens (including phenoxy) is 2. The Hall–Kier alpha value is -0.980. The fraction of sp³-hybridized carbons (Fsp3) is 0.833. The van der Waals surface area contributed by atoms with Crippen LogP contribution in [0.2, 0.25) is 0 Å². The molecule has 0 aliphatic heterocycles. The Morgan fingerprint density at radius 2 is 2.11 bits per heavy atom. The number of hydrogen-bond donors (Lipinski definition) is 1. The van der Waals surface area contributed by atoms with Gasteiger partial charge in [0.2, 0.25) is 5.89 Å². The van der Waals surface area contributed by atoms with Crippen LogP contribution in [0.5, 0.6) is 0 Å². The number of methoxy groups -OCH3 is 1. The summed E-state index contributed by atoms with van der Waals surface area (Å²) in [5.74, 6) is 1.36. The minimum absolute atomic E-state index is 0.0521. The Kier molecular flexibility index (Phi) is 6.85. The highest BCUT2D eigenvalue weighted by Gasteiger charge is 2.19. The lowest BCUT2D eigenvalue weighted by Gasteiger charge is -2.13. The molecule has 1 aromatic rings. The van der Waals surface area contributed by atoms with Gasteiger partial charge in [0, 0.05) is 19.6 Å². The number of hydrogen-bond acceptors (Lipinski definition) is 6. The van der Waals surface area contributed by atoms with Crippen LogP contribution in [0.3, 0.4) is 0 Å². The van der Waals surface area contributed by atoms with Crippen LogP contribution in [-0.4, -0.2) is 43.1 Å². The zero-order valence-electron chi connectivity index (χ0n) is 11.4. The van der Waals surface area contributed by atoms with E-state index >= 15 is 0 Å². The molecule has 0 aromatic carbocycles. The first-order valence-electron chi connectivity index (χ1n) is 6.33. The van der Waals surface area contributed by atoms with Gasteiger partial charge in [0.05, 0.1) is 25.7 Å². The third kappa shape index (κ3) is 4.72. The van der Waals surface area contributed by atoms with Crippen molar-refractivity contribution in [1.82, 2.24) is 10.1 Å². The average molecular weight is 257 g/mol. The van der Waals surface area contributed by atoms with E-state index in [-0.39, 0.29) is 12.0 Å². The lowest BCUT2D eigenvalue weighted by molar-refractivity contribution is 0.0714. The second kappa shape index (κ2) is 8.18. The van der Waals surface area contributed by atoms with E-state index in [1.165, 1.54) is 0 Å². The minimum Gasteiger partial charge on any atom is -0.382 e. The first-order valence-corrected chi connectivity index (χ1v) is 6.33. The minimum atomic E-state index is 0.0521. The summed E-state index contributed by atoms with van der Waals surface area (Å²) in [4.78, 5) is 4.33. The SMILES string of the molecule is CCC(N)C(C)c1nc(CCOCCOC)no1. The Balaban J connectivity index is 2.34. The molecular weight excluding hydrogens is 234 g/mol. The largest absolute Gasteiger partial charge is 0.382 e. The van der Waals surface area contributed by atoms with Gasteiger partial charge in [-0.1, -0.05) is 19.0 Å². The van der Waals surface area contributed by atoms with Crippen LogP contribution in [0.1, 0.15) is 37.9 Å². The predicted octanol–water partition coefficient (Wildman–Crippen LogP) is 1.12. The monoisotopic (exact) mass is 257 g/mol. The van der Waals surface area contributed by atoms with Gasteiger partial charge in [-0.25, -0.2) is 0 Å². The Morgan fingerprint density at radius 3 is 2.78 bits per heavy atom. The zero-order chi connectivity index (χ0) is 13.4. The van der Waals surface area contributed by atoms with Crippen molar-refractivity contribution in [2.45, 2.75) is 38.6 Å². The van der Waals surface area contributed by atoms with Gasteiger partial charge < -0.3 is 19.7 Å². The molecule has 104 valence electrons. The van der Waals surface area contributed by atoms with Crippen LogP contribution < -0.4 is 5.73 Å². The topological polar surface area (TPSA) is 83.4 Å². The summed E-state index contributed by atoms with van der Waals surface area (Å²) in [6, 6.07) is 0.0521. The molecule has 2 N–H and O–H groups in total. The quantitative estimate of drug-likeness (QED) is 0.667. The summed E-state index contributed by atoms with van der Waals surface area (Å²) < 4.78 is 15.4. The fourth-order valence-corrected chi connectivity index (χ4v) is 1.50. The summed E-state index contributed by atoms with van der Waals surface area (Å²) in [5.41, 5.74) is 5.95. The predicted molar refractivity (Wildman–Crippen MR) is 67.4 cm³/mol. The van der Waals surface area contributed by atoms with Crippen LogP contribution in [0, 0.1) is 0 Å². The molecule has 0 fully saturated rings. The summed E-state index contributed by atoms with van der Waals surface area (Å²) in [7, 11) is 1.65. The molecule has 1 rings (SSSR count). The van der Waals surface area contributed by atoms with Crippen molar-refractivity contribution in [2.75, 3.05) is 26.9 Å². The molecular formula is C12H23N3O3. The molecule has 1 aromatic heterocycles. The van der Waals surface area contributed by atoms with E-state index in [4.69, 9.17) is 19.7 Å². The normalized spacial score (nSPS) is 14.7. The van der Waals surface area contributed by atoms with E-state index < -0.39 is 0 Å². The van der Waals surface area contributed by atoms with Crippen LogP contribution in [0.25, 0.3) is 0 Å². The van der Waals surface area contributed by atoms with Gasteiger partial charge >= 0.3 is 0 Å². The van der Waals surface area contributed by atoms with Gasteiger partial charge in [0.15, 0.2) is 5.82 Å². The molecule has 0 aliphatic carbocycles. The van der Waals surface area contributed by atoms with Crippen LogP contribution in [-0.2, 0) is 15.9 Å². The van der Waals surface area contributed by atoms with Gasteiger partial charge in [0.1, 0.15) is 0 Å². The maximum absolute atomic E-state index is 5.95. The molecule has 2 unspecified atom stereocenters. The molecule has 6 nitrogen and oxygen atoms in total. The highest BCUT2D eigenvalue weighted by Crippen LogP contribution is 2.17.